The molecular weight excluding hydrogens is 386 g/mol. The molecule has 5 heteroatoms. The highest BCUT2D eigenvalue weighted by Gasteiger charge is 2.25. The van der Waals surface area contributed by atoms with E-state index in [-0.39, 0.29) is 17.9 Å². The second kappa shape index (κ2) is 11.0. The molecule has 0 spiro atoms. The van der Waals surface area contributed by atoms with Gasteiger partial charge in [-0.15, -0.1) is 0 Å². The second-order valence-corrected chi connectivity index (χ2v) is 8.75. The first-order chi connectivity index (χ1) is 15.0. The van der Waals surface area contributed by atoms with Crippen molar-refractivity contribution in [1.82, 2.24) is 10.2 Å². The first-order valence-electron chi connectivity index (χ1n) is 11.4. The monoisotopic (exact) mass is 421 g/mol. The Morgan fingerprint density at radius 3 is 2.32 bits per heavy atom. The number of amides is 2. The van der Waals surface area contributed by atoms with E-state index in [1.165, 1.54) is 0 Å². The zero-order valence-corrected chi connectivity index (χ0v) is 19.0. The van der Waals surface area contributed by atoms with Crippen molar-refractivity contribution in [3.8, 4) is 0 Å². The number of hydrogen-bond donors (Lipinski definition) is 1. The van der Waals surface area contributed by atoms with Gasteiger partial charge in [-0.2, -0.15) is 0 Å². The molecule has 5 nitrogen and oxygen atoms in total. The summed E-state index contributed by atoms with van der Waals surface area (Å²) in [5, 5.41) is 3.17. The topological polar surface area (TPSA) is 52.7 Å². The standard InChI is InChI=1S/C26H35N3O2/c1-4-28(19-21-10-6-5-7-11-21)26(31)23-12-8-9-13-24(23)29-16-14-22(15-17-29)27-25(30)18-20(2)3/h5-13,20,22H,4,14-19H2,1-3H3,(H,27,30). The summed E-state index contributed by atoms with van der Waals surface area (Å²) in [6.45, 7) is 9.08. The molecule has 3 rings (SSSR count). The predicted octanol–water partition coefficient (Wildman–Crippen LogP) is 4.48. The van der Waals surface area contributed by atoms with Crippen molar-refractivity contribution < 1.29 is 9.59 Å². The van der Waals surface area contributed by atoms with Gasteiger partial charge >= 0.3 is 0 Å². The average molecular weight is 422 g/mol. The largest absolute Gasteiger partial charge is 0.371 e. The fourth-order valence-electron chi connectivity index (χ4n) is 4.15. The molecule has 0 aliphatic carbocycles. The third-order valence-electron chi connectivity index (χ3n) is 5.81. The van der Waals surface area contributed by atoms with Crippen molar-refractivity contribution in [2.45, 2.75) is 52.6 Å². The summed E-state index contributed by atoms with van der Waals surface area (Å²) >= 11 is 0. The van der Waals surface area contributed by atoms with E-state index in [1.807, 2.05) is 54.3 Å². The fraction of sp³-hybridized carbons (Fsp3) is 0.462. The van der Waals surface area contributed by atoms with Gasteiger partial charge in [-0.05, 0) is 43.4 Å². The van der Waals surface area contributed by atoms with E-state index in [2.05, 4.69) is 36.2 Å². The molecule has 31 heavy (non-hydrogen) atoms. The number of nitrogens with one attached hydrogen (secondary N) is 1. The van der Waals surface area contributed by atoms with Crippen molar-refractivity contribution in [3.63, 3.8) is 0 Å². The number of piperidine rings is 1. The molecule has 1 aliphatic rings. The summed E-state index contributed by atoms with van der Waals surface area (Å²) in [5.41, 5.74) is 2.88. The van der Waals surface area contributed by atoms with Crippen LogP contribution in [-0.2, 0) is 11.3 Å². The Labute approximate surface area is 186 Å². The minimum atomic E-state index is 0.0642. The van der Waals surface area contributed by atoms with E-state index in [0.29, 0.717) is 25.4 Å². The summed E-state index contributed by atoms with van der Waals surface area (Å²) in [5.74, 6) is 0.577. The van der Waals surface area contributed by atoms with Crippen molar-refractivity contribution in [2.24, 2.45) is 5.92 Å². The molecule has 0 radical (unpaired) electrons. The predicted molar refractivity (Wildman–Crippen MR) is 126 cm³/mol. The number of anilines is 1. The van der Waals surface area contributed by atoms with Gasteiger partial charge < -0.3 is 15.1 Å². The highest BCUT2D eigenvalue weighted by atomic mass is 16.2. The first kappa shape index (κ1) is 22.9. The van der Waals surface area contributed by atoms with Crippen LogP contribution in [0.15, 0.2) is 54.6 Å². The minimum absolute atomic E-state index is 0.0642. The number of carbonyl (C=O) groups excluding carboxylic acids is 2. The summed E-state index contributed by atoms with van der Waals surface area (Å²) in [7, 11) is 0. The summed E-state index contributed by atoms with van der Waals surface area (Å²) in [6.07, 6.45) is 2.37. The van der Waals surface area contributed by atoms with Gasteiger partial charge in [0.25, 0.3) is 5.91 Å². The van der Waals surface area contributed by atoms with Crippen LogP contribution in [0, 0.1) is 5.92 Å². The number of benzene rings is 2. The summed E-state index contributed by atoms with van der Waals surface area (Å²) in [6, 6.07) is 18.2. The Hall–Kier alpha value is -2.82. The highest BCUT2D eigenvalue weighted by Crippen LogP contribution is 2.26. The van der Waals surface area contributed by atoms with Gasteiger partial charge in [0.2, 0.25) is 5.91 Å². The lowest BCUT2D eigenvalue weighted by Crippen LogP contribution is -2.45. The molecule has 0 aromatic heterocycles. The number of carbonyl (C=O) groups is 2. The van der Waals surface area contributed by atoms with Crippen LogP contribution in [0.5, 0.6) is 0 Å². The third-order valence-corrected chi connectivity index (χ3v) is 5.81. The fourth-order valence-corrected chi connectivity index (χ4v) is 4.15. The normalized spacial score (nSPS) is 14.5. The second-order valence-electron chi connectivity index (χ2n) is 8.75. The quantitative estimate of drug-likeness (QED) is 0.684. The molecule has 2 aromatic rings. The van der Waals surface area contributed by atoms with Crippen LogP contribution in [0.3, 0.4) is 0 Å². The zero-order valence-electron chi connectivity index (χ0n) is 19.0. The molecule has 1 heterocycles. The molecule has 1 N–H and O–H groups in total. The molecule has 0 atom stereocenters. The molecule has 1 saturated heterocycles. The van der Waals surface area contributed by atoms with Gasteiger partial charge in [-0.25, -0.2) is 0 Å². The van der Waals surface area contributed by atoms with Crippen molar-refractivity contribution in [2.75, 3.05) is 24.5 Å². The van der Waals surface area contributed by atoms with Crippen LogP contribution in [0.1, 0.15) is 56.0 Å². The lowest BCUT2D eigenvalue weighted by atomic mass is 10.0. The van der Waals surface area contributed by atoms with Crippen LogP contribution in [-0.4, -0.2) is 42.4 Å². The van der Waals surface area contributed by atoms with Gasteiger partial charge in [-0.3, -0.25) is 9.59 Å². The van der Waals surface area contributed by atoms with Crippen molar-refractivity contribution >= 4 is 17.5 Å². The number of nitrogens with zero attached hydrogens (tertiary/aromatic N) is 2. The first-order valence-corrected chi connectivity index (χ1v) is 11.4. The van der Waals surface area contributed by atoms with Crippen LogP contribution in [0.2, 0.25) is 0 Å². The molecule has 2 aromatic carbocycles. The molecule has 0 bridgehead atoms. The van der Waals surface area contributed by atoms with Gasteiger partial charge in [-0.1, -0.05) is 56.3 Å². The molecule has 2 amide bonds. The van der Waals surface area contributed by atoms with Gasteiger partial charge in [0.05, 0.1) is 5.56 Å². The maximum atomic E-state index is 13.4. The maximum Gasteiger partial charge on any atom is 0.256 e. The van der Waals surface area contributed by atoms with E-state index >= 15 is 0 Å². The number of para-hydroxylation sites is 1. The van der Waals surface area contributed by atoms with Gasteiger partial charge in [0.1, 0.15) is 0 Å². The smallest absolute Gasteiger partial charge is 0.256 e. The Bertz CT molecular complexity index is 858. The Morgan fingerprint density at radius 2 is 1.68 bits per heavy atom. The van der Waals surface area contributed by atoms with E-state index in [1.54, 1.807) is 0 Å². The van der Waals surface area contributed by atoms with Crippen molar-refractivity contribution in [1.29, 1.82) is 0 Å². The number of rotatable bonds is 8. The van der Waals surface area contributed by atoms with Gasteiger partial charge in [0.15, 0.2) is 0 Å². The van der Waals surface area contributed by atoms with Crippen LogP contribution in [0.25, 0.3) is 0 Å². The third kappa shape index (κ3) is 6.33. The lowest BCUT2D eigenvalue weighted by Gasteiger charge is -2.35. The minimum Gasteiger partial charge on any atom is -0.371 e. The van der Waals surface area contributed by atoms with Crippen LogP contribution >= 0.6 is 0 Å². The lowest BCUT2D eigenvalue weighted by molar-refractivity contribution is -0.122. The Morgan fingerprint density at radius 1 is 1.03 bits per heavy atom. The van der Waals surface area contributed by atoms with Crippen molar-refractivity contribution in [3.05, 3.63) is 65.7 Å². The molecule has 0 saturated carbocycles. The average Bonchev–Trinajstić information content (AvgIpc) is 2.77. The van der Waals surface area contributed by atoms with Crippen LogP contribution in [0.4, 0.5) is 5.69 Å². The molecule has 1 fully saturated rings. The molecule has 0 unspecified atom stereocenters. The number of hydrogen-bond acceptors (Lipinski definition) is 3. The summed E-state index contributed by atoms with van der Waals surface area (Å²) in [4.78, 5) is 29.7. The highest BCUT2D eigenvalue weighted by molar-refractivity contribution is 5.99. The van der Waals surface area contributed by atoms with E-state index in [0.717, 1.165) is 42.7 Å². The Balaban J connectivity index is 1.66. The Kier molecular flexibility index (Phi) is 8.10. The zero-order chi connectivity index (χ0) is 22.2. The molecule has 1 aliphatic heterocycles. The molecular formula is C26H35N3O2. The van der Waals surface area contributed by atoms with E-state index in [4.69, 9.17) is 0 Å². The SMILES string of the molecule is CCN(Cc1ccccc1)C(=O)c1ccccc1N1CCC(NC(=O)CC(C)C)CC1. The van der Waals surface area contributed by atoms with E-state index < -0.39 is 0 Å². The maximum absolute atomic E-state index is 13.4. The van der Waals surface area contributed by atoms with Gasteiger partial charge in [0, 0.05) is 44.3 Å². The van der Waals surface area contributed by atoms with E-state index in [9.17, 15) is 9.59 Å². The summed E-state index contributed by atoms with van der Waals surface area (Å²) < 4.78 is 0. The van der Waals surface area contributed by atoms with Crippen LogP contribution < -0.4 is 10.2 Å². The molecule has 166 valence electrons.